The molecule has 0 radical (unpaired) electrons. The van der Waals surface area contributed by atoms with Crippen molar-refractivity contribution in [3.8, 4) is 0 Å². The Kier molecular flexibility index (Phi) is 12.5. The van der Waals surface area contributed by atoms with E-state index in [0.717, 1.165) is 0 Å². The summed E-state index contributed by atoms with van der Waals surface area (Å²) in [6.45, 7) is 4.56. The zero-order valence-electron chi connectivity index (χ0n) is 15.6. The lowest BCUT2D eigenvalue weighted by molar-refractivity contribution is 0.603. The van der Waals surface area contributed by atoms with Crippen molar-refractivity contribution >= 4 is 12.6 Å². The van der Waals surface area contributed by atoms with Crippen LogP contribution in [0.2, 0.25) is 0 Å². The third-order valence-corrected chi connectivity index (χ3v) is 5.20. The van der Waals surface area contributed by atoms with Crippen molar-refractivity contribution < 1.29 is 0 Å². The summed E-state index contributed by atoms with van der Waals surface area (Å²) in [4.78, 5) is 1.19. The summed E-state index contributed by atoms with van der Waals surface area (Å²) in [5, 5.41) is 0. The molecule has 0 atom stereocenters. The van der Waals surface area contributed by atoms with Crippen LogP contribution in [0.3, 0.4) is 0 Å². The van der Waals surface area contributed by atoms with Crippen LogP contribution in [0.15, 0.2) is 23.1 Å². The Balaban J connectivity index is 2.25. The van der Waals surface area contributed by atoms with Crippen molar-refractivity contribution in [3.05, 3.63) is 29.3 Å². The lowest BCUT2D eigenvalue weighted by Gasteiger charge is -2.09. The van der Waals surface area contributed by atoms with Crippen LogP contribution in [0.4, 0.5) is 0 Å². The minimum absolute atomic E-state index is 1.19. The Labute approximate surface area is 150 Å². The van der Waals surface area contributed by atoms with Gasteiger partial charge in [-0.05, 0) is 42.9 Å². The van der Waals surface area contributed by atoms with Gasteiger partial charge in [-0.15, -0.1) is 12.6 Å². The van der Waals surface area contributed by atoms with Gasteiger partial charge in [0.15, 0.2) is 0 Å². The normalized spacial score (nSPS) is 11.1. The average Bonchev–Trinajstić information content (AvgIpc) is 2.56. The summed E-state index contributed by atoms with van der Waals surface area (Å²) < 4.78 is 0. The van der Waals surface area contributed by atoms with Gasteiger partial charge in [0, 0.05) is 4.90 Å². The third kappa shape index (κ3) is 10.1. The van der Waals surface area contributed by atoms with Crippen LogP contribution >= 0.6 is 12.6 Å². The van der Waals surface area contributed by atoms with Crippen molar-refractivity contribution in [1.82, 2.24) is 0 Å². The monoisotopic (exact) mass is 334 g/mol. The first-order chi connectivity index (χ1) is 11.3. The molecule has 0 amide bonds. The second-order valence-corrected chi connectivity index (χ2v) is 7.48. The molecular formula is C22H38S. The molecule has 0 N–H and O–H groups in total. The molecule has 1 aromatic carbocycles. The lowest BCUT2D eigenvalue weighted by Crippen LogP contribution is -1.93. The van der Waals surface area contributed by atoms with Crippen LogP contribution in [-0.2, 0) is 12.8 Å². The zero-order chi connectivity index (χ0) is 16.8. The van der Waals surface area contributed by atoms with Gasteiger partial charge in [-0.2, -0.15) is 0 Å². The molecule has 0 heterocycles. The summed E-state index contributed by atoms with van der Waals surface area (Å²) in [7, 11) is 0. The Morgan fingerprint density at radius 1 is 0.652 bits per heavy atom. The highest BCUT2D eigenvalue weighted by Gasteiger charge is 2.02. The highest BCUT2D eigenvalue weighted by molar-refractivity contribution is 7.80. The number of unbranched alkanes of at least 4 members (excludes halogenated alkanes) is 10. The molecule has 0 nitrogen and oxygen atoms in total. The van der Waals surface area contributed by atoms with Gasteiger partial charge < -0.3 is 0 Å². The summed E-state index contributed by atoms with van der Waals surface area (Å²) in [6.07, 6.45) is 18.9. The second-order valence-electron chi connectivity index (χ2n) is 7.00. The number of benzene rings is 1. The molecule has 0 saturated carbocycles. The topological polar surface area (TPSA) is 0 Å². The van der Waals surface area contributed by atoms with Gasteiger partial charge in [-0.3, -0.25) is 0 Å². The Hall–Kier alpha value is -0.430. The van der Waals surface area contributed by atoms with Crippen LogP contribution in [0.25, 0.3) is 0 Å². The maximum Gasteiger partial charge on any atom is 0.00722 e. The smallest absolute Gasteiger partial charge is 0.00722 e. The van der Waals surface area contributed by atoms with Crippen LogP contribution in [0.5, 0.6) is 0 Å². The van der Waals surface area contributed by atoms with Gasteiger partial charge in [-0.1, -0.05) is 90.2 Å². The Morgan fingerprint density at radius 3 is 1.78 bits per heavy atom. The van der Waals surface area contributed by atoms with Crippen molar-refractivity contribution in [1.29, 1.82) is 0 Å². The largest absolute Gasteiger partial charge is 0.143 e. The van der Waals surface area contributed by atoms with E-state index in [2.05, 4.69) is 44.7 Å². The van der Waals surface area contributed by atoms with Crippen LogP contribution in [-0.4, -0.2) is 0 Å². The summed E-state index contributed by atoms with van der Waals surface area (Å²) in [6, 6.07) is 6.90. The molecule has 0 aliphatic rings. The minimum atomic E-state index is 1.19. The highest BCUT2D eigenvalue weighted by atomic mass is 32.1. The van der Waals surface area contributed by atoms with E-state index in [4.69, 9.17) is 0 Å². The quantitative estimate of drug-likeness (QED) is 0.260. The van der Waals surface area contributed by atoms with Gasteiger partial charge >= 0.3 is 0 Å². The summed E-state index contributed by atoms with van der Waals surface area (Å²) in [5.41, 5.74) is 2.98. The van der Waals surface area contributed by atoms with Crippen molar-refractivity contribution in [2.75, 3.05) is 0 Å². The maximum absolute atomic E-state index is 4.65. The SMILES string of the molecule is CCCCCCCCc1ccc(S)c(CCCCCCCC)c1. The van der Waals surface area contributed by atoms with E-state index >= 15 is 0 Å². The standard InChI is InChI=1S/C22H38S/c1-3-5-7-9-11-13-15-20-17-18-22(23)21(19-20)16-14-12-10-8-6-4-2/h17-19,23H,3-16H2,1-2H3. The summed E-state index contributed by atoms with van der Waals surface area (Å²) in [5.74, 6) is 0. The number of hydrogen-bond donors (Lipinski definition) is 1. The van der Waals surface area contributed by atoms with E-state index < -0.39 is 0 Å². The van der Waals surface area contributed by atoms with E-state index in [0.29, 0.717) is 0 Å². The Morgan fingerprint density at radius 2 is 1.17 bits per heavy atom. The van der Waals surface area contributed by atoms with Gasteiger partial charge in [0.2, 0.25) is 0 Å². The van der Waals surface area contributed by atoms with E-state index in [-0.39, 0.29) is 0 Å². The molecule has 132 valence electrons. The zero-order valence-corrected chi connectivity index (χ0v) is 16.5. The molecule has 0 bridgehead atoms. The Bertz CT molecular complexity index is 397. The molecule has 0 spiro atoms. The first-order valence-corrected chi connectivity index (χ1v) is 10.5. The van der Waals surface area contributed by atoms with Crippen molar-refractivity contribution in [2.24, 2.45) is 0 Å². The van der Waals surface area contributed by atoms with Gasteiger partial charge in [0.05, 0.1) is 0 Å². The molecule has 0 aliphatic carbocycles. The second kappa shape index (κ2) is 14.0. The first-order valence-electron chi connectivity index (χ1n) is 10.1. The molecule has 1 rings (SSSR count). The first kappa shape index (κ1) is 20.6. The molecule has 0 aromatic heterocycles. The van der Waals surface area contributed by atoms with E-state index in [1.54, 1.807) is 0 Å². The van der Waals surface area contributed by atoms with Crippen LogP contribution in [0, 0.1) is 0 Å². The summed E-state index contributed by atoms with van der Waals surface area (Å²) >= 11 is 4.65. The van der Waals surface area contributed by atoms with Gasteiger partial charge in [0.1, 0.15) is 0 Å². The average molecular weight is 335 g/mol. The fraction of sp³-hybridized carbons (Fsp3) is 0.727. The highest BCUT2D eigenvalue weighted by Crippen LogP contribution is 2.20. The number of aryl methyl sites for hydroxylation is 2. The fourth-order valence-electron chi connectivity index (χ4n) is 3.20. The lowest BCUT2D eigenvalue weighted by atomic mass is 10.00. The number of thiol groups is 1. The van der Waals surface area contributed by atoms with E-state index in [1.165, 1.54) is 106 Å². The predicted octanol–water partition coefficient (Wildman–Crippen LogP) is 7.78. The fourth-order valence-corrected chi connectivity index (χ4v) is 3.45. The molecular weight excluding hydrogens is 296 g/mol. The molecule has 0 unspecified atom stereocenters. The van der Waals surface area contributed by atoms with Crippen molar-refractivity contribution in [2.45, 2.75) is 109 Å². The molecule has 0 aliphatic heterocycles. The number of hydrogen-bond acceptors (Lipinski definition) is 1. The van der Waals surface area contributed by atoms with E-state index in [1.807, 2.05) is 0 Å². The maximum atomic E-state index is 4.65. The van der Waals surface area contributed by atoms with Gasteiger partial charge in [0.25, 0.3) is 0 Å². The molecule has 0 saturated heterocycles. The van der Waals surface area contributed by atoms with Crippen molar-refractivity contribution in [3.63, 3.8) is 0 Å². The van der Waals surface area contributed by atoms with Crippen LogP contribution < -0.4 is 0 Å². The predicted molar refractivity (Wildman–Crippen MR) is 108 cm³/mol. The molecule has 1 aromatic rings. The van der Waals surface area contributed by atoms with E-state index in [9.17, 15) is 0 Å². The third-order valence-electron chi connectivity index (χ3n) is 4.76. The molecule has 1 heteroatoms. The number of rotatable bonds is 14. The molecule has 23 heavy (non-hydrogen) atoms. The van der Waals surface area contributed by atoms with Gasteiger partial charge in [-0.25, -0.2) is 0 Å². The minimum Gasteiger partial charge on any atom is -0.143 e. The van der Waals surface area contributed by atoms with Crippen LogP contribution in [0.1, 0.15) is 102 Å². The molecule has 0 fully saturated rings.